The third-order valence-corrected chi connectivity index (χ3v) is 6.44. The number of carbonyl (C=O) groups is 3. The first-order valence-corrected chi connectivity index (χ1v) is 10.8. The minimum absolute atomic E-state index is 0.0713. The molecule has 3 atom stereocenters. The summed E-state index contributed by atoms with van der Waals surface area (Å²) in [4.78, 5) is 38.9. The summed E-state index contributed by atoms with van der Waals surface area (Å²) in [6.45, 7) is 4.89. The molecule has 28 heavy (non-hydrogen) atoms. The molecule has 0 bridgehead atoms. The van der Waals surface area contributed by atoms with Crippen LogP contribution in [0.4, 0.5) is 4.79 Å². The van der Waals surface area contributed by atoms with Crippen LogP contribution in [0.5, 0.6) is 0 Å². The van der Waals surface area contributed by atoms with Crippen LogP contribution in [0.25, 0.3) is 0 Å². The van der Waals surface area contributed by atoms with Gasteiger partial charge in [0.25, 0.3) is 0 Å². The zero-order valence-electron chi connectivity index (χ0n) is 16.0. The number of amides is 2. The highest BCUT2D eigenvalue weighted by Gasteiger charge is 2.60. The van der Waals surface area contributed by atoms with Gasteiger partial charge in [-0.15, -0.1) is 0 Å². The Morgan fingerprint density at radius 2 is 1.79 bits per heavy atom. The average molecular weight is 409 g/mol. The lowest BCUT2D eigenvalue weighted by Gasteiger charge is -2.28. The van der Waals surface area contributed by atoms with Crippen molar-refractivity contribution in [2.75, 3.05) is 11.5 Å². The second kappa shape index (κ2) is 7.20. The van der Waals surface area contributed by atoms with E-state index in [1.54, 1.807) is 45.0 Å². The lowest BCUT2D eigenvalue weighted by molar-refractivity contribution is -0.162. The Morgan fingerprint density at radius 3 is 2.39 bits per heavy atom. The minimum Gasteiger partial charge on any atom is -0.458 e. The summed E-state index contributed by atoms with van der Waals surface area (Å²) in [5.41, 5.74) is -0.130. The van der Waals surface area contributed by atoms with E-state index < -0.39 is 51.3 Å². The van der Waals surface area contributed by atoms with Crippen LogP contribution >= 0.6 is 0 Å². The number of sulfone groups is 1. The number of hydrogen-bond acceptors (Lipinski definition) is 7. The van der Waals surface area contributed by atoms with Gasteiger partial charge in [-0.05, 0) is 26.3 Å². The van der Waals surface area contributed by atoms with E-state index in [9.17, 15) is 22.8 Å². The molecule has 9 heteroatoms. The van der Waals surface area contributed by atoms with Crippen LogP contribution in [0.3, 0.4) is 0 Å². The van der Waals surface area contributed by atoms with Crippen LogP contribution < -0.4 is 0 Å². The summed E-state index contributed by atoms with van der Waals surface area (Å²) in [6, 6.07) is 7.58. The summed E-state index contributed by atoms with van der Waals surface area (Å²) in [5.74, 6) is -3.99. The lowest BCUT2D eigenvalue weighted by Crippen LogP contribution is -2.48. The molecule has 0 saturated carbocycles. The van der Waals surface area contributed by atoms with Gasteiger partial charge in [-0.3, -0.25) is 4.79 Å². The second-order valence-electron chi connectivity index (χ2n) is 8.07. The first-order valence-electron chi connectivity index (χ1n) is 8.95. The van der Waals surface area contributed by atoms with E-state index >= 15 is 0 Å². The SMILES string of the molecule is CC(C)(C)OC(=O)[C@@H]1[C@H]2CS(=O)(=O)C[C@H]2C(=O)N1C(=O)OCc1ccccc1. The van der Waals surface area contributed by atoms with E-state index in [0.29, 0.717) is 0 Å². The number of rotatable bonds is 3. The fourth-order valence-corrected chi connectivity index (χ4v) is 5.66. The molecule has 0 spiro atoms. The van der Waals surface area contributed by atoms with Crippen molar-refractivity contribution in [3.05, 3.63) is 35.9 Å². The van der Waals surface area contributed by atoms with E-state index in [4.69, 9.17) is 9.47 Å². The predicted molar refractivity (Wildman–Crippen MR) is 98.7 cm³/mol. The van der Waals surface area contributed by atoms with Gasteiger partial charge < -0.3 is 9.47 Å². The monoisotopic (exact) mass is 409 g/mol. The molecule has 2 saturated heterocycles. The van der Waals surface area contributed by atoms with Gasteiger partial charge in [0.2, 0.25) is 5.91 Å². The molecule has 8 nitrogen and oxygen atoms in total. The van der Waals surface area contributed by atoms with Gasteiger partial charge in [0.15, 0.2) is 9.84 Å². The minimum atomic E-state index is -3.46. The number of carbonyl (C=O) groups excluding carboxylic acids is 3. The Hall–Kier alpha value is -2.42. The molecule has 1 aromatic rings. The van der Waals surface area contributed by atoms with Crippen molar-refractivity contribution in [3.63, 3.8) is 0 Å². The van der Waals surface area contributed by atoms with E-state index in [1.165, 1.54) is 0 Å². The van der Waals surface area contributed by atoms with Gasteiger partial charge in [-0.25, -0.2) is 22.9 Å². The van der Waals surface area contributed by atoms with Crippen LogP contribution in [0.15, 0.2) is 30.3 Å². The molecule has 152 valence electrons. The molecular weight excluding hydrogens is 386 g/mol. The number of benzene rings is 1. The van der Waals surface area contributed by atoms with Crippen molar-refractivity contribution < 1.29 is 32.3 Å². The van der Waals surface area contributed by atoms with Crippen molar-refractivity contribution >= 4 is 27.8 Å². The molecule has 1 aromatic carbocycles. The molecule has 3 rings (SSSR count). The summed E-state index contributed by atoms with van der Waals surface area (Å²) in [5, 5.41) is 0. The molecule has 0 unspecified atom stereocenters. The van der Waals surface area contributed by atoms with Crippen molar-refractivity contribution in [2.45, 2.75) is 39.0 Å². The van der Waals surface area contributed by atoms with E-state index in [-0.39, 0.29) is 18.1 Å². The summed E-state index contributed by atoms with van der Waals surface area (Å²) in [7, 11) is -3.46. The van der Waals surface area contributed by atoms with Crippen molar-refractivity contribution in [2.24, 2.45) is 11.8 Å². The first-order chi connectivity index (χ1) is 13.0. The molecule has 0 radical (unpaired) electrons. The predicted octanol–water partition coefficient (Wildman–Crippen LogP) is 1.54. The molecule has 0 N–H and O–H groups in total. The molecule has 2 heterocycles. The largest absolute Gasteiger partial charge is 0.458 e. The van der Waals surface area contributed by atoms with Gasteiger partial charge in [0.1, 0.15) is 18.2 Å². The number of nitrogens with zero attached hydrogens (tertiary/aromatic N) is 1. The third-order valence-electron chi connectivity index (χ3n) is 4.69. The highest BCUT2D eigenvalue weighted by atomic mass is 32.2. The Balaban J connectivity index is 1.83. The standard InChI is InChI=1S/C19H23NO7S/c1-19(2,3)27-17(22)15-13-10-28(24,25)11-14(13)16(21)20(15)18(23)26-9-12-7-5-4-6-8-12/h4-8,13-15H,9-11H2,1-3H3/t13-,14+,15-/m0/s1. The molecular formula is C19H23NO7S. The normalized spacial score (nSPS) is 26.0. The zero-order chi connectivity index (χ0) is 20.7. The maximum absolute atomic E-state index is 12.8. The highest BCUT2D eigenvalue weighted by molar-refractivity contribution is 7.91. The molecule has 0 aromatic heterocycles. The lowest BCUT2D eigenvalue weighted by atomic mass is 9.94. The third kappa shape index (κ3) is 4.19. The smallest absolute Gasteiger partial charge is 0.417 e. The maximum Gasteiger partial charge on any atom is 0.417 e. The van der Waals surface area contributed by atoms with Crippen LogP contribution in [0.1, 0.15) is 26.3 Å². The van der Waals surface area contributed by atoms with Crippen LogP contribution in [0, 0.1) is 11.8 Å². The fraction of sp³-hybridized carbons (Fsp3) is 0.526. The average Bonchev–Trinajstić information content (AvgIpc) is 3.03. The van der Waals surface area contributed by atoms with Crippen LogP contribution in [-0.4, -0.2) is 54.4 Å². The maximum atomic E-state index is 12.8. The van der Waals surface area contributed by atoms with E-state index in [2.05, 4.69) is 0 Å². The van der Waals surface area contributed by atoms with Gasteiger partial charge in [-0.1, -0.05) is 30.3 Å². The summed E-state index contributed by atoms with van der Waals surface area (Å²) < 4.78 is 34.6. The van der Waals surface area contributed by atoms with Crippen molar-refractivity contribution in [3.8, 4) is 0 Å². The highest BCUT2D eigenvalue weighted by Crippen LogP contribution is 2.40. The van der Waals surface area contributed by atoms with E-state index in [0.717, 1.165) is 10.5 Å². The number of ether oxygens (including phenoxy) is 2. The molecule has 2 aliphatic heterocycles. The van der Waals surface area contributed by atoms with Crippen molar-refractivity contribution in [1.29, 1.82) is 0 Å². The Kier molecular flexibility index (Phi) is 5.22. The quantitative estimate of drug-likeness (QED) is 0.697. The zero-order valence-corrected chi connectivity index (χ0v) is 16.8. The van der Waals surface area contributed by atoms with Gasteiger partial charge in [-0.2, -0.15) is 0 Å². The number of hydrogen-bond donors (Lipinski definition) is 0. The van der Waals surface area contributed by atoms with Gasteiger partial charge >= 0.3 is 12.1 Å². The van der Waals surface area contributed by atoms with Gasteiger partial charge in [0, 0.05) is 5.92 Å². The fourth-order valence-electron chi connectivity index (χ4n) is 3.58. The number of imide groups is 1. The Bertz CT molecular complexity index is 889. The number of fused-ring (bicyclic) bond motifs is 1. The number of likely N-dealkylation sites (tertiary alicyclic amines) is 1. The van der Waals surface area contributed by atoms with Crippen LogP contribution in [0.2, 0.25) is 0 Å². The Morgan fingerprint density at radius 1 is 1.14 bits per heavy atom. The topological polar surface area (TPSA) is 107 Å². The number of esters is 1. The van der Waals surface area contributed by atoms with E-state index in [1.807, 2.05) is 6.07 Å². The summed E-state index contributed by atoms with van der Waals surface area (Å²) >= 11 is 0. The van der Waals surface area contributed by atoms with Gasteiger partial charge in [0.05, 0.1) is 17.4 Å². The van der Waals surface area contributed by atoms with Crippen molar-refractivity contribution in [1.82, 2.24) is 4.90 Å². The molecule has 0 aliphatic carbocycles. The first kappa shape index (κ1) is 20.3. The molecule has 2 aliphatic rings. The molecule has 2 amide bonds. The molecule has 2 fully saturated rings. The second-order valence-corrected chi connectivity index (χ2v) is 10.2. The Labute approximate surface area is 163 Å². The summed E-state index contributed by atoms with van der Waals surface area (Å²) in [6.07, 6.45) is -0.975. The van der Waals surface area contributed by atoms with Crippen LogP contribution in [-0.2, 0) is 35.5 Å².